The second-order valence-electron chi connectivity index (χ2n) is 3.83. The predicted octanol–water partition coefficient (Wildman–Crippen LogP) is 1.45. The summed E-state index contributed by atoms with van der Waals surface area (Å²) in [7, 11) is 0. The van der Waals surface area contributed by atoms with Crippen molar-refractivity contribution in [3.63, 3.8) is 0 Å². The fourth-order valence-electron chi connectivity index (χ4n) is 1.38. The number of thioether (sulfide) groups is 1. The molecule has 18 heavy (non-hydrogen) atoms. The van der Waals surface area contributed by atoms with E-state index in [1.54, 1.807) is 6.92 Å². The lowest BCUT2D eigenvalue weighted by Gasteiger charge is -2.22. The number of benzene rings is 1. The first-order valence-electron chi connectivity index (χ1n) is 5.80. The lowest BCUT2D eigenvalue weighted by Crippen LogP contribution is -2.39. The molecule has 0 spiro atoms. The van der Waals surface area contributed by atoms with Crippen LogP contribution in [0, 0.1) is 0 Å². The maximum atomic E-state index is 11.8. The number of hydrogen-bond acceptors (Lipinski definition) is 5. The molecule has 3 atom stereocenters. The van der Waals surface area contributed by atoms with E-state index in [0.717, 1.165) is 4.90 Å². The Morgan fingerprint density at radius 2 is 1.94 bits per heavy atom. The SMILES string of the molecule is CCOC(=O)[C@@H](Sc1ccccc1)[C@@H](O)[C@H](C)O. The average molecular weight is 270 g/mol. The summed E-state index contributed by atoms with van der Waals surface area (Å²) >= 11 is 1.19. The van der Waals surface area contributed by atoms with Gasteiger partial charge in [-0.1, -0.05) is 18.2 Å². The number of esters is 1. The van der Waals surface area contributed by atoms with Gasteiger partial charge in [0, 0.05) is 4.90 Å². The van der Waals surface area contributed by atoms with E-state index in [1.807, 2.05) is 30.3 Å². The highest BCUT2D eigenvalue weighted by Crippen LogP contribution is 2.27. The average Bonchev–Trinajstić information content (AvgIpc) is 2.36. The normalized spacial score (nSPS) is 15.8. The molecule has 5 heteroatoms. The molecule has 0 aliphatic heterocycles. The Morgan fingerprint density at radius 3 is 2.44 bits per heavy atom. The third-order valence-corrected chi connectivity index (χ3v) is 3.60. The highest BCUT2D eigenvalue weighted by Gasteiger charge is 2.32. The van der Waals surface area contributed by atoms with Crippen LogP contribution in [0.5, 0.6) is 0 Å². The molecule has 0 unspecified atom stereocenters. The van der Waals surface area contributed by atoms with E-state index in [1.165, 1.54) is 18.7 Å². The second kappa shape index (κ2) is 7.41. The Balaban J connectivity index is 2.81. The summed E-state index contributed by atoms with van der Waals surface area (Å²) < 4.78 is 4.92. The fourth-order valence-corrected chi connectivity index (χ4v) is 2.52. The molecule has 0 aliphatic carbocycles. The number of aliphatic hydroxyl groups excluding tert-OH is 2. The molecule has 0 fully saturated rings. The number of rotatable bonds is 6. The van der Waals surface area contributed by atoms with Crippen LogP contribution in [-0.2, 0) is 9.53 Å². The molecule has 4 nitrogen and oxygen atoms in total. The predicted molar refractivity (Wildman–Crippen MR) is 70.4 cm³/mol. The maximum absolute atomic E-state index is 11.8. The molecule has 0 amide bonds. The Bertz CT molecular complexity index is 367. The summed E-state index contributed by atoms with van der Waals surface area (Å²) in [6.07, 6.45) is -2.15. The Hall–Kier alpha value is -1.04. The van der Waals surface area contributed by atoms with Gasteiger partial charge in [-0.3, -0.25) is 4.79 Å². The third-order valence-electron chi connectivity index (χ3n) is 2.33. The molecule has 0 aliphatic rings. The van der Waals surface area contributed by atoms with Gasteiger partial charge in [0.15, 0.2) is 0 Å². The summed E-state index contributed by atoms with van der Waals surface area (Å²) in [6, 6.07) is 9.24. The molecular weight excluding hydrogens is 252 g/mol. The van der Waals surface area contributed by atoms with E-state index in [9.17, 15) is 15.0 Å². The van der Waals surface area contributed by atoms with E-state index in [4.69, 9.17) is 4.74 Å². The zero-order valence-electron chi connectivity index (χ0n) is 10.4. The van der Waals surface area contributed by atoms with Crippen molar-refractivity contribution in [2.45, 2.75) is 36.2 Å². The molecule has 0 bridgehead atoms. The van der Waals surface area contributed by atoms with Crippen molar-refractivity contribution in [3.8, 4) is 0 Å². The number of hydrogen-bond donors (Lipinski definition) is 2. The lowest BCUT2D eigenvalue weighted by atomic mass is 10.1. The minimum atomic E-state index is -1.16. The van der Waals surface area contributed by atoms with Crippen LogP contribution in [0.25, 0.3) is 0 Å². The van der Waals surface area contributed by atoms with E-state index >= 15 is 0 Å². The lowest BCUT2D eigenvalue weighted by molar-refractivity contribution is -0.146. The van der Waals surface area contributed by atoms with Crippen molar-refractivity contribution in [2.75, 3.05) is 6.61 Å². The van der Waals surface area contributed by atoms with Gasteiger partial charge in [0.1, 0.15) is 11.4 Å². The molecule has 1 rings (SSSR count). The van der Waals surface area contributed by atoms with Crippen molar-refractivity contribution >= 4 is 17.7 Å². The van der Waals surface area contributed by atoms with Crippen molar-refractivity contribution in [3.05, 3.63) is 30.3 Å². The first-order valence-corrected chi connectivity index (χ1v) is 6.68. The summed E-state index contributed by atoms with van der Waals surface area (Å²) in [5.74, 6) is -0.514. The Kier molecular flexibility index (Phi) is 6.18. The van der Waals surface area contributed by atoms with Crippen LogP contribution in [0.1, 0.15) is 13.8 Å². The molecule has 2 N–H and O–H groups in total. The smallest absolute Gasteiger partial charge is 0.322 e. The summed E-state index contributed by atoms with van der Waals surface area (Å²) in [6.45, 7) is 3.40. The number of aliphatic hydroxyl groups is 2. The van der Waals surface area contributed by atoms with E-state index in [-0.39, 0.29) is 6.61 Å². The quantitative estimate of drug-likeness (QED) is 0.605. The molecule has 0 saturated carbocycles. The number of carbonyl (C=O) groups excluding carboxylic acids is 1. The van der Waals surface area contributed by atoms with Crippen molar-refractivity contribution in [1.82, 2.24) is 0 Å². The topological polar surface area (TPSA) is 66.8 Å². The Labute approximate surface area is 111 Å². The van der Waals surface area contributed by atoms with Gasteiger partial charge < -0.3 is 14.9 Å². The maximum Gasteiger partial charge on any atom is 0.322 e. The number of ether oxygens (including phenoxy) is 1. The van der Waals surface area contributed by atoms with Crippen LogP contribution in [0.2, 0.25) is 0 Å². The molecule has 1 aromatic carbocycles. The summed E-state index contributed by atoms with van der Waals surface area (Å²) in [4.78, 5) is 12.6. The van der Waals surface area contributed by atoms with Crippen LogP contribution in [0.3, 0.4) is 0 Å². The molecule has 100 valence electrons. The van der Waals surface area contributed by atoms with Gasteiger partial charge in [-0.05, 0) is 26.0 Å². The van der Waals surface area contributed by atoms with Crippen LogP contribution in [0.15, 0.2) is 35.2 Å². The van der Waals surface area contributed by atoms with Gasteiger partial charge in [-0.25, -0.2) is 0 Å². The van der Waals surface area contributed by atoms with Gasteiger partial charge in [0.2, 0.25) is 0 Å². The third kappa shape index (κ3) is 4.33. The molecular formula is C13H18O4S. The van der Waals surface area contributed by atoms with E-state index in [0.29, 0.717) is 0 Å². The van der Waals surface area contributed by atoms with Gasteiger partial charge >= 0.3 is 5.97 Å². The zero-order chi connectivity index (χ0) is 13.5. The van der Waals surface area contributed by atoms with Crippen LogP contribution in [-0.4, -0.2) is 40.2 Å². The van der Waals surface area contributed by atoms with Crippen LogP contribution >= 0.6 is 11.8 Å². The van der Waals surface area contributed by atoms with E-state index in [2.05, 4.69) is 0 Å². The minimum Gasteiger partial charge on any atom is -0.465 e. The zero-order valence-corrected chi connectivity index (χ0v) is 11.3. The van der Waals surface area contributed by atoms with Gasteiger partial charge in [0.05, 0.1) is 12.7 Å². The van der Waals surface area contributed by atoms with Crippen LogP contribution in [0.4, 0.5) is 0 Å². The molecule has 0 radical (unpaired) electrons. The van der Waals surface area contributed by atoms with Gasteiger partial charge in [-0.2, -0.15) is 0 Å². The largest absolute Gasteiger partial charge is 0.465 e. The fraction of sp³-hybridized carbons (Fsp3) is 0.462. The molecule has 0 aromatic heterocycles. The van der Waals surface area contributed by atoms with Crippen molar-refractivity contribution in [2.24, 2.45) is 0 Å². The monoisotopic (exact) mass is 270 g/mol. The first-order chi connectivity index (χ1) is 8.56. The van der Waals surface area contributed by atoms with Crippen LogP contribution < -0.4 is 0 Å². The van der Waals surface area contributed by atoms with Crippen molar-refractivity contribution in [1.29, 1.82) is 0 Å². The first kappa shape index (κ1) is 15.0. The highest BCUT2D eigenvalue weighted by atomic mass is 32.2. The highest BCUT2D eigenvalue weighted by molar-refractivity contribution is 8.00. The standard InChI is InChI=1S/C13H18O4S/c1-3-17-13(16)12(11(15)9(2)14)18-10-7-5-4-6-8-10/h4-9,11-12,14-15H,3H2,1-2H3/t9-,11-,12-/m0/s1. The Morgan fingerprint density at radius 1 is 1.33 bits per heavy atom. The molecule has 0 saturated heterocycles. The molecule has 0 heterocycles. The summed E-state index contributed by atoms with van der Waals surface area (Å²) in [5.41, 5.74) is 0. The van der Waals surface area contributed by atoms with E-state index < -0.39 is 23.4 Å². The van der Waals surface area contributed by atoms with Gasteiger partial charge in [0.25, 0.3) is 0 Å². The molecule has 1 aromatic rings. The minimum absolute atomic E-state index is 0.247. The summed E-state index contributed by atoms with van der Waals surface area (Å²) in [5, 5.41) is 18.5. The van der Waals surface area contributed by atoms with Gasteiger partial charge in [-0.15, -0.1) is 11.8 Å². The number of carbonyl (C=O) groups is 1. The second-order valence-corrected chi connectivity index (χ2v) is 5.05. The van der Waals surface area contributed by atoms with Crippen molar-refractivity contribution < 1.29 is 19.7 Å².